The second kappa shape index (κ2) is 4.85. The highest BCUT2D eigenvalue weighted by molar-refractivity contribution is 7.10. The second-order valence-electron chi connectivity index (χ2n) is 3.51. The number of halogens is 2. The van der Waals surface area contributed by atoms with E-state index in [2.05, 4.69) is 18.3 Å². The van der Waals surface area contributed by atoms with E-state index in [9.17, 15) is 4.39 Å². The van der Waals surface area contributed by atoms with Gasteiger partial charge in [-0.05, 0) is 36.6 Å². The van der Waals surface area contributed by atoms with Crippen molar-refractivity contribution >= 4 is 28.6 Å². The Labute approximate surface area is 103 Å². The normalized spacial score (nSPS) is 12.4. The van der Waals surface area contributed by atoms with Crippen LogP contribution in [0.15, 0.2) is 35.7 Å². The molecule has 0 fully saturated rings. The molecular formula is C12H11ClFNS. The van der Waals surface area contributed by atoms with Gasteiger partial charge >= 0.3 is 0 Å². The van der Waals surface area contributed by atoms with Crippen molar-refractivity contribution in [2.24, 2.45) is 0 Å². The van der Waals surface area contributed by atoms with Gasteiger partial charge in [-0.15, -0.1) is 11.3 Å². The number of nitrogens with one attached hydrogen (secondary N) is 1. The highest BCUT2D eigenvalue weighted by Gasteiger charge is 2.07. The van der Waals surface area contributed by atoms with Gasteiger partial charge in [0.05, 0.1) is 11.1 Å². The van der Waals surface area contributed by atoms with Crippen LogP contribution >= 0.6 is 22.9 Å². The van der Waals surface area contributed by atoms with Crippen LogP contribution in [0.25, 0.3) is 0 Å². The van der Waals surface area contributed by atoms with E-state index in [0.717, 1.165) is 5.69 Å². The molecule has 2 rings (SSSR count). The van der Waals surface area contributed by atoms with Gasteiger partial charge in [0.2, 0.25) is 0 Å². The standard InChI is InChI=1S/C12H11ClFNS/c1-8(12-3-2-6-16-12)15-9-4-5-11(14)10(13)7-9/h2-8,15H,1H3. The highest BCUT2D eigenvalue weighted by Crippen LogP contribution is 2.25. The Kier molecular flexibility index (Phi) is 3.46. The van der Waals surface area contributed by atoms with E-state index in [1.807, 2.05) is 11.4 Å². The average Bonchev–Trinajstić information content (AvgIpc) is 2.77. The molecule has 1 atom stereocenters. The first-order valence-electron chi connectivity index (χ1n) is 4.92. The van der Waals surface area contributed by atoms with Crippen LogP contribution < -0.4 is 5.32 Å². The van der Waals surface area contributed by atoms with Crippen molar-refractivity contribution in [1.29, 1.82) is 0 Å². The van der Waals surface area contributed by atoms with Gasteiger partial charge in [-0.3, -0.25) is 0 Å². The molecule has 1 N–H and O–H groups in total. The molecule has 0 bridgehead atoms. The maximum Gasteiger partial charge on any atom is 0.141 e. The van der Waals surface area contributed by atoms with E-state index in [-0.39, 0.29) is 11.1 Å². The van der Waals surface area contributed by atoms with Crippen molar-refractivity contribution in [3.8, 4) is 0 Å². The van der Waals surface area contributed by atoms with Crippen molar-refractivity contribution in [2.75, 3.05) is 5.32 Å². The maximum atomic E-state index is 13.0. The zero-order valence-corrected chi connectivity index (χ0v) is 10.3. The van der Waals surface area contributed by atoms with E-state index in [1.54, 1.807) is 23.5 Å². The predicted molar refractivity (Wildman–Crippen MR) is 67.8 cm³/mol. The summed E-state index contributed by atoms with van der Waals surface area (Å²) in [7, 11) is 0. The molecule has 0 aliphatic rings. The summed E-state index contributed by atoms with van der Waals surface area (Å²) in [4.78, 5) is 1.24. The van der Waals surface area contributed by atoms with Crippen molar-refractivity contribution in [3.05, 3.63) is 51.4 Å². The third-order valence-corrected chi connectivity index (χ3v) is 3.62. The Bertz CT molecular complexity index is 470. The van der Waals surface area contributed by atoms with E-state index >= 15 is 0 Å². The largest absolute Gasteiger partial charge is 0.378 e. The fourth-order valence-corrected chi connectivity index (χ4v) is 2.36. The zero-order chi connectivity index (χ0) is 11.5. The molecule has 0 aliphatic heterocycles. The molecule has 1 heterocycles. The lowest BCUT2D eigenvalue weighted by Crippen LogP contribution is -2.04. The molecule has 84 valence electrons. The van der Waals surface area contributed by atoms with Crippen molar-refractivity contribution in [1.82, 2.24) is 0 Å². The molecular weight excluding hydrogens is 245 g/mol. The van der Waals surface area contributed by atoms with Crippen LogP contribution in [-0.4, -0.2) is 0 Å². The predicted octanol–water partition coefficient (Wildman–Crippen LogP) is 4.71. The minimum absolute atomic E-state index is 0.142. The molecule has 4 heteroatoms. The molecule has 0 amide bonds. The van der Waals surface area contributed by atoms with E-state index in [1.165, 1.54) is 10.9 Å². The van der Waals surface area contributed by atoms with Crippen LogP contribution in [0.4, 0.5) is 10.1 Å². The fourth-order valence-electron chi connectivity index (χ4n) is 1.44. The maximum absolute atomic E-state index is 13.0. The van der Waals surface area contributed by atoms with Gasteiger partial charge in [-0.25, -0.2) is 4.39 Å². The number of hydrogen-bond donors (Lipinski definition) is 1. The van der Waals surface area contributed by atoms with Crippen molar-refractivity contribution in [2.45, 2.75) is 13.0 Å². The van der Waals surface area contributed by atoms with E-state index in [4.69, 9.17) is 11.6 Å². The molecule has 0 saturated carbocycles. The van der Waals surface area contributed by atoms with Crippen molar-refractivity contribution in [3.63, 3.8) is 0 Å². The molecule has 1 nitrogen and oxygen atoms in total. The number of thiophene rings is 1. The SMILES string of the molecule is CC(Nc1ccc(F)c(Cl)c1)c1cccs1. The number of rotatable bonds is 3. The van der Waals surface area contributed by atoms with Gasteiger partial charge in [0.1, 0.15) is 5.82 Å². The fraction of sp³-hybridized carbons (Fsp3) is 0.167. The third-order valence-electron chi connectivity index (χ3n) is 2.27. The van der Waals surface area contributed by atoms with Gasteiger partial charge in [0, 0.05) is 10.6 Å². The molecule has 0 saturated heterocycles. The quantitative estimate of drug-likeness (QED) is 0.837. The van der Waals surface area contributed by atoms with Crippen LogP contribution in [0.1, 0.15) is 17.8 Å². The van der Waals surface area contributed by atoms with Gasteiger partial charge in [-0.2, -0.15) is 0 Å². The first kappa shape index (κ1) is 11.4. The summed E-state index contributed by atoms with van der Waals surface area (Å²) < 4.78 is 13.0. The summed E-state index contributed by atoms with van der Waals surface area (Å²) in [6.07, 6.45) is 0. The Morgan fingerprint density at radius 2 is 2.19 bits per heavy atom. The molecule has 1 unspecified atom stereocenters. The lowest BCUT2D eigenvalue weighted by atomic mass is 10.2. The van der Waals surface area contributed by atoms with Gasteiger partial charge < -0.3 is 5.32 Å². The highest BCUT2D eigenvalue weighted by atomic mass is 35.5. The summed E-state index contributed by atoms with van der Waals surface area (Å²) in [6.45, 7) is 2.06. The molecule has 2 aromatic rings. The van der Waals surface area contributed by atoms with Crippen LogP contribution in [-0.2, 0) is 0 Å². The molecule has 16 heavy (non-hydrogen) atoms. The Morgan fingerprint density at radius 1 is 1.38 bits per heavy atom. The summed E-state index contributed by atoms with van der Waals surface area (Å²) in [5.41, 5.74) is 0.826. The third kappa shape index (κ3) is 2.54. The minimum Gasteiger partial charge on any atom is -0.378 e. The zero-order valence-electron chi connectivity index (χ0n) is 8.71. The summed E-state index contributed by atoms with van der Waals surface area (Å²) >= 11 is 7.40. The summed E-state index contributed by atoms with van der Waals surface area (Å²) in [6, 6.07) is 8.92. The van der Waals surface area contributed by atoms with Crippen LogP contribution in [0.5, 0.6) is 0 Å². The first-order chi connectivity index (χ1) is 7.66. The molecule has 0 spiro atoms. The summed E-state index contributed by atoms with van der Waals surface area (Å²) in [5.74, 6) is -0.393. The van der Waals surface area contributed by atoms with E-state index < -0.39 is 5.82 Å². The van der Waals surface area contributed by atoms with Crippen molar-refractivity contribution < 1.29 is 4.39 Å². The van der Waals surface area contributed by atoms with Crippen LogP contribution in [0.3, 0.4) is 0 Å². The first-order valence-corrected chi connectivity index (χ1v) is 6.17. The number of benzene rings is 1. The average molecular weight is 256 g/mol. The van der Waals surface area contributed by atoms with Crippen LogP contribution in [0.2, 0.25) is 5.02 Å². The van der Waals surface area contributed by atoms with Crippen LogP contribution in [0, 0.1) is 5.82 Å². The lowest BCUT2D eigenvalue weighted by molar-refractivity contribution is 0.628. The Morgan fingerprint density at radius 3 is 2.81 bits per heavy atom. The topological polar surface area (TPSA) is 12.0 Å². The minimum atomic E-state index is -0.393. The van der Waals surface area contributed by atoms with Gasteiger partial charge in [-0.1, -0.05) is 17.7 Å². The van der Waals surface area contributed by atoms with Gasteiger partial charge in [0.25, 0.3) is 0 Å². The monoisotopic (exact) mass is 255 g/mol. The van der Waals surface area contributed by atoms with Gasteiger partial charge in [0.15, 0.2) is 0 Å². The Balaban J connectivity index is 2.12. The molecule has 0 aliphatic carbocycles. The number of anilines is 1. The molecule has 0 radical (unpaired) electrons. The second-order valence-corrected chi connectivity index (χ2v) is 4.90. The Hall–Kier alpha value is -1.06. The van der Waals surface area contributed by atoms with E-state index in [0.29, 0.717) is 0 Å². The molecule has 1 aromatic heterocycles. The summed E-state index contributed by atoms with van der Waals surface area (Å²) in [5, 5.41) is 5.45. The molecule has 1 aromatic carbocycles. The number of hydrogen-bond acceptors (Lipinski definition) is 2. The smallest absolute Gasteiger partial charge is 0.141 e. The lowest BCUT2D eigenvalue weighted by Gasteiger charge is -2.13.